The fourth-order valence-electron chi connectivity index (χ4n) is 1.70. The molecule has 0 bridgehead atoms. The van der Waals surface area contributed by atoms with Gasteiger partial charge in [-0.05, 0) is 12.8 Å². The lowest BCUT2D eigenvalue weighted by atomic mass is 10.2. The summed E-state index contributed by atoms with van der Waals surface area (Å²) in [5.74, 6) is 0.0834. The molecule has 0 atom stereocenters. The Morgan fingerprint density at radius 3 is 2.87 bits per heavy atom. The maximum atomic E-state index is 11.4. The minimum Gasteiger partial charge on any atom is -0.355 e. The van der Waals surface area contributed by atoms with Crippen molar-refractivity contribution < 1.29 is 9.59 Å². The Bertz CT molecular complexity index is 229. The number of amides is 2. The molecule has 1 fully saturated rings. The average Bonchev–Trinajstić information content (AvgIpc) is 2.59. The van der Waals surface area contributed by atoms with E-state index in [-0.39, 0.29) is 18.4 Å². The molecule has 1 rings (SSSR count). The Hall–Kier alpha value is -1.06. The minimum absolute atomic E-state index is 0.0265. The van der Waals surface area contributed by atoms with Gasteiger partial charge in [0.2, 0.25) is 11.8 Å². The van der Waals surface area contributed by atoms with Crippen molar-refractivity contribution in [1.82, 2.24) is 10.2 Å². The summed E-state index contributed by atoms with van der Waals surface area (Å²) >= 11 is 0. The monoisotopic (exact) mass is 212 g/mol. The second-order valence-corrected chi connectivity index (χ2v) is 3.98. The number of carbonyl (C=O) groups excluding carboxylic acids is 2. The van der Waals surface area contributed by atoms with Gasteiger partial charge in [0.05, 0.1) is 6.54 Å². The molecule has 0 aromatic rings. The lowest BCUT2D eigenvalue weighted by molar-refractivity contribution is -0.133. The Morgan fingerprint density at radius 2 is 2.27 bits per heavy atom. The van der Waals surface area contributed by atoms with Crippen LogP contribution in [0.5, 0.6) is 0 Å². The molecule has 2 amide bonds. The molecular formula is C11H20N2O2. The quantitative estimate of drug-likeness (QED) is 0.665. The third-order valence-corrected chi connectivity index (χ3v) is 2.61. The minimum atomic E-state index is -0.0265. The van der Waals surface area contributed by atoms with Crippen molar-refractivity contribution in [2.45, 2.75) is 39.0 Å². The number of rotatable bonds is 6. The van der Waals surface area contributed by atoms with Crippen LogP contribution in [0.3, 0.4) is 0 Å². The van der Waals surface area contributed by atoms with Crippen LogP contribution in [-0.4, -0.2) is 36.3 Å². The molecule has 4 heteroatoms. The summed E-state index contributed by atoms with van der Waals surface area (Å²) in [7, 11) is 0. The maximum Gasteiger partial charge on any atom is 0.239 e. The van der Waals surface area contributed by atoms with Crippen molar-refractivity contribution in [3.05, 3.63) is 0 Å². The Balaban J connectivity index is 2.10. The molecule has 0 aromatic carbocycles. The van der Waals surface area contributed by atoms with E-state index >= 15 is 0 Å². The summed E-state index contributed by atoms with van der Waals surface area (Å²) in [6.07, 6.45) is 4.81. The summed E-state index contributed by atoms with van der Waals surface area (Å²) in [5, 5.41) is 2.83. The van der Waals surface area contributed by atoms with Gasteiger partial charge in [-0.15, -0.1) is 0 Å². The molecule has 86 valence electrons. The predicted molar refractivity (Wildman–Crippen MR) is 58.3 cm³/mol. The van der Waals surface area contributed by atoms with E-state index in [9.17, 15) is 9.59 Å². The number of nitrogens with one attached hydrogen (secondary N) is 1. The molecule has 1 aliphatic heterocycles. The highest BCUT2D eigenvalue weighted by atomic mass is 16.2. The van der Waals surface area contributed by atoms with Gasteiger partial charge in [0.25, 0.3) is 0 Å². The highest BCUT2D eigenvalue weighted by Crippen LogP contribution is 2.08. The molecular weight excluding hydrogens is 192 g/mol. The van der Waals surface area contributed by atoms with Crippen molar-refractivity contribution in [3.8, 4) is 0 Å². The van der Waals surface area contributed by atoms with Gasteiger partial charge < -0.3 is 10.2 Å². The second kappa shape index (κ2) is 6.43. The van der Waals surface area contributed by atoms with Crippen molar-refractivity contribution >= 4 is 11.8 Å². The number of carbonyl (C=O) groups is 2. The molecule has 4 nitrogen and oxygen atoms in total. The third kappa shape index (κ3) is 4.32. The average molecular weight is 212 g/mol. The Morgan fingerprint density at radius 1 is 1.47 bits per heavy atom. The van der Waals surface area contributed by atoms with Gasteiger partial charge in [-0.3, -0.25) is 9.59 Å². The Labute approximate surface area is 91.0 Å². The lowest BCUT2D eigenvalue weighted by Crippen LogP contribution is -2.38. The van der Waals surface area contributed by atoms with Crippen molar-refractivity contribution in [1.29, 1.82) is 0 Å². The van der Waals surface area contributed by atoms with Crippen LogP contribution in [0.25, 0.3) is 0 Å². The number of likely N-dealkylation sites (tertiary alicyclic amines) is 1. The molecule has 15 heavy (non-hydrogen) atoms. The predicted octanol–water partition coefficient (Wildman–Crippen LogP) is 0.915. The van der Waals surface area contributed by atoms with E-state index < -0.39 is 0 Å². The summed E-state index contributed by atoms with van der Waals surface area (Å²) in [4.78, 5) is 24.3. The molecule has 0 radical (unpaired) electrons. The normalized spacial score (nSPS) is 15.8. The van der Waals surface area contributed by atoms with Crippen LogP contribution < -0.4 is 5.32 Å². The van der Waals surface area contributed by atoms with Crippen LogP contribution in [0, 0.1) is 0 Å². The van der Waals surface area contributed by atoms with Crippen LogP contribution in [0.15, 0.2) is 0 Å². The summed E-state index contributed by atoms with van der Waals surface area (Å²) in [6.45, 7) is 3.84. The molecule has 1 aliphatic rings. The SMILES string of the molecule is CCCCCNC(=O)CN1CCCC1=O. The summed E-state index contributed by atoms with van der Waals surface area (Å²) in [6, 6.07) is 0. The van der Waals surface area contributed by atoms with Gasteiger partial charge in [-0.1, -0.05) is 19.8 Å². The van der Waals surface area contributed by atoms with E-state index in [1.807, 2.05) is 0 Å². The number of hydrogen-bond donors (Lipinski definition) is 1. The smallest absolute Gasteiger partial charge is 0.239 e. The van der Waals surface area contributed by atoms with Crippen molar-refractivity contribution in [3.63, 3.8) is 0 Å². The topological polar surface area (TPSA) is 49.4 Å². The first-order valence-electron chi connectivity index (χ1n) is 5.78. The van der Waals surface area contributed by atoms with Crippen LogP contribution in [0.1, 0.15) is 39.0 Å². The van der Waals surface area contributed by atoms with Crippen LogP contribution in [0.4, 0.5) is 0 Å². The van der Waals surface area contributed by atoms with Gasteiger partial charge >= 0.3 is 0 Å². The van der Waals surface area contributed by atoms with Crippen molar-refractivity contribution in [2.24, 2.45) is 0 Å². The van der Waals surface area contributed by atoms with Gasteiger partial charge in [-0.25, -0.2) is 0 Å². The van der Waals surface area contributed by atoms with E-state index in [2.05, 4.69) is 12.2 Å². The van der Waals surface area contributed by atoms with E-state index in [4.69, 9.17) is 0 Å². The number of unbranched alkanes of at least 4 members (excludes halogenated alkanes) is 2. The first-order valence-corrected chi connectivity index (χ1v) is 5.78. The van der Waals surface area contributed by atoms with Gasteiger partial charge in [0.1, 0.15) is 0 Å². The first kappa shape index (κ1) is 12.0. The van der Waals surface area contributed by atoms with Gasteiger partial charge in [0, 0.05) is 19.5 Å². The molecule has 1 saturated heterocycles. The Kier molecular flexibility index (Phi) is 5.15. The van der Waals surface area contributed by atoms with E-state index in [0.29, 0.717) is 6.42 Å². The fourth-order valence-corrected chi connectivity index (χ4v) is 1.70. The standard InChI is InChI=1S/C11H20N2O2/c1-2-3-4-7-12-10(14)9-13-8-5-6-11(13)15/h2-9H2,1H3,(H,12,14). The zero-order valence-corrected chi connectivity index (χ0v) is 9.42. The number of hydrogen-bond acceptors (Lipinski definition) is 2. The number of nitrogens with zero attached hydrogens (tertiary/aromatic N) is 1. The van der Waals surface area contributed by atoms with E-state index in [1.54, 1.807) is 4.90 Å². The molecule has 0 aromatic heterocycles. The van der Waals surface area contributed by atoms with Crippen molar-refractivity contribution in [2.75, 3.05) is 19.6 Å². The zero-order valence-electron chi connectivity index (χ0n) is 9.42. The van der Waals surface area contributed by atoms with Crippen LogP contribution in [0.2, 0.25) is 0 Å². The highest BCUT2D eigenvalue weighted by Gasteiger charge is 2.21. The van der Waals surface area contributed by atoms with Crippen LogP contribution in [-0.2, 0) is 9.59 Å². The largest absolute Gasteiger partial charge is 0.355 e. The van der Waals surface area contributed by atoms with Gasteiger partial charge in [-0.2, -0.15) is 0 Å². The third-order valence-electron chi connectivity index (χ3n) is 2.61. The molecule has 0 aliphatic carbocycles. The fraction of sp³-hybridized carbons (Fsp3) is 0.818. The molecule has 1 heterocycles. The molecule has 0 unspecified atom stereocenters. The van der Waals surface area contributed by atoms with E-state index in [0.717, 1.165) is 38.8 Å². The first-order chi connectivity index (χ1) is 7.24. The van der Waals surface area contributed by atoms with E-state index in [1.165, 1.54) is 0 Å². The molecule has 0 saturated carbocycles. The highest BCUT2D eigenvalue weighted by molar-refractivity contribution is 5.85. The summed E-state index contributed by atoms with van der Waals surface area (Å²) in [5.41, 5.74) is 0. The van der Waals surface area contributed by atoms with Gasteiger partial charge in [0.15, 0.2) is 0 Å². The molecule has 0 spiro atoms. The maximum absolute atomic E-state index is 11.4. The summed E-state index contributed by atoms with van der Waals surface area (Å²) < 4.78 is 0. The lowest BCUT2D eigenvalue weighted by Gasteiger charge is -2.14. The second-order valence-electron chi connectivity index (χ2n) is 3.98. The van der Waals surface area contributed by atoms with Crippen LogP contribution >= 0.6 is 0 Å². The molecule has 1 N–H and O–H groups in total. The zero-order chi connectivity index (χ0) is 11.1.